The minimum absolute atomic E-state index is 0.0400. The molecule has 0 aliphatic carbocycles. The van der Waals surface area contributed by atoms with Gasteiger partial charge in [-0.25, -0.2) is 4.79 Å². The molecule has 0 amide bonds. The van der Waals surface area contributed by atoms with E-state index in [1.54, 1.807) is 18.2 Å². The van der Waals surface area contributed by atoms with Crippen molar-refractivity contribution in [2.75, 3.05) is 6.54 Å². The number of hydrogen-bond acceptors (Lipinski definition) is 4. The molecule has 4 N–H and O–H groups in total. The molecule has 6 nitrogen and oxygen atoms in total. The zero-order valence-corrected chi connectivity index (χ0v) is 8.27. The van der Waals surface area contributed by atoms with Crippen LogP contribution in [0.1, 0.15) is 11.5 Å². The molecule has 0 aliphatic heterocycles. The predicted molar refractivity (Wildman–Crippen MR) is 56.3 cm³/mol. The number of fused-ring (bicyclic) bond motifs is 1. The molecule has 0 saturated heterocycles. The van der Waals surface area contributed by atoms with Crippen molar-refractivity contribution < 1.29 is 14.3 Å². The third kappa shape index (κ3) is 1.59. The number of H-pyrrole nitrogens is 1. The SMILES string of the molecule is NCC(C(=O)O)c1cccc2oc(=O)[nH]c12. The number of carboxylic acid groups (broad SMARTS) is 1. The summed E-state index contributed by atoms with van der Waals surface area (Å²) in [4.78, 5) is 24.5. The molecule has 6 heteroatoms. The summed E-state index contributed by atoms with van der Waals surface area (Å²) in [7, 11) is 0. The van der Waals surface area contributed by atoms with Crippen molar-refractivity contribution in [2.45, 2.75) is 5.92 Å². The lowest BCUT2D eigenvalue weighted by Gasteiger charge is -2.09. The smallest absolute Gasteiger partial charge is 0.417 e. The first-order valence-corrected chi connectivity index (χ1v) is 4.68. The molecular formula is C10H10N2O4. The Morgan fingerprint density at radius 3 is 2.94 bits per heavy atom. The predicted octanol–water partition coefficient (Wildman–Crippen LogP) is 0.248. The van der Waals surface area contributed by atoms with Crippen LogP contribution in [-0.2, 0) is 4.79 Å². The van der Waals surface area contributed by atoms with Crippen LogP contribution in [0, 0.1) is 0 Å². The van der Waals surface area contributed by atoms with Gasteiger partial charge in [0.05, 0.1) is 11.4 Å². The lowest BCUT2D eigenvalue weighted by Crippen LogP contribution is -2.21. The quantitative estimate of drug-likeness (QED) is 0.689. The van der Waals surface area contributed by atoms with Gasteiger partial charge in [0.15, 0.2) is 5.58 Å². The van der Waals surface area contributed by atoms with Gasteiger partial charge in [-0.1, -0.05) is 12.1 Å². The molecule has 0 aliphatic rings. The molecule has 1 aromatic heterocycles. The number of oxazole rings is 1. The van der Waals surface area contributed by atoms with Crippen molar-refractivity contribution in [3.05, 3.63) is 34.3 Å². The fourth-order valence-corrected chi connectivity index (χ4v) is 1.65. The fraction of sp³-hybridized carbons (Fsp3) is 0.200. The number of hydrogen-bond donors (Lipinski definition) is 3. The number of rotatable bonds is 3. The summed E-state index contributed by atoms with van der Waals surface area (Å²) in [5.41, 5.74) is 6.59. The van der Waals surface area contributed by atoms with Crippen LogP contribution in [0.3, 0.4) is 0 Å². The summed E-state index contributed by atoms with van der Waals surface area (Å²) in [5.74, 6) is -2.49. The number of aromatic nitrogens is 1. The monoisotopic (exact) mass is 222 g/mol. The zero-order valence-electron chi connectivity index (χ0n) is 8.27. The highest BCUT2D eigenvalue weighted by molar-refractivity contribution is 5.85. The van der Waals surface area contributed by atoms with E-state index in [0.29, 0.717) is 16.7 Å². The molecule has 1 unspecified atom stereocenters. The summed E-state index contributed by atoms with van der Waals surface area (Å²) in [6, 6.07) is 4.83. The Morgan fingerprint density at radius 2 is 2.31 bits per heavy atom. The van der Waals surface area contributed by atoms with Crippen LogP contribution in [-0.4, -0.2) is 22.6 Å². The molecule has 0 fully saturated rings. The number of aromatic amines is 1. The standard InChI is InChI=1S/C10H10N2O4/c11-4-6(9(13)14)5-2-1-3-7-8(5)12-10(15)16-7/h1-3,6H,4,11H2,(H,12,15)(H,13,14). The highest BCUT2D eigenvalue weighted by Gasteiger charge is 2.21. The number of nitrogens with one attached hydrogen (secondary N) is 1. The number of benzene rings is 1. The number of nitrogens with two attached hydrogens (primary N) is 1. The van der Waals surface area contributed by atoms with E-state index in [4.69, 9.17) is 15.3 Å². The summed E-state index contributed by atoms with van der Waals surface area (Å²) >= 11 is 0. The molecule has 0 bridgehead atoms. The van der Waals surface area contributed by atoms with E-state index in [1.165, 1.54) is 0 Å². The Bertz CT molecular complexity index is 584. The van der Waals surface area contributed by atoms with Crippen molar-refractivity contribution in [3.8, 4) is 0 Å². The fourth-order valence-electron chi connectivity index (χ4n) is 1.65. The first kappa shape index (κ1) is 10.4. The van der Waals surface area contributed by atoms with Gasteiger partial charge in [0.25, 0.3) is 0 Å². The van der Waals surface area contributed by atoms with E-state index in [0.717, 1.165) is 0 Å². The third-order valence-corrected chi connectivity index (χ3v) is 2.40. The molecule has 1 heterocycles. The third-order valence-electron chi connectivity index (χ3n) is 2.40. The molecule has 0 radical (unpaired) electrons. The van der Waals surface area contributed by atoms with E-state index in [-0.39, 0.29) is 6.54 Å². The number of aliphatic carboxylic acids is 1. The normalized spacial score (nSPS) is 12.8. The van der Waals surface area contributed by atoms with E-state index in [9.17, 15) is 9.59 Å². The molecule has 2 aromatic rings. The molecule has 1 atom stereocenters. The molecule has 84 valence electrons. The Kier molecular flexibility index (Phi) is 2.49. The van der Waals surface area contributed by atoms with Gasteiger partial charge in [0.2, 0.25) is 0 Å². The second kappa shape index (κ2) is 3.82. The van der Waals surface area contributed by atoms with Gasteiger partial charge >= 0.3 is 11.7 Å². The summed E-state index contributed by atoms with van der Waals surface area (Å²) in [5, 5.41) is 8.99. The van der Waals surface area contributed by atoms with E-state index < -0.39 is 17.6 Å². The maximum atomic E-state index is 11.0. The minimum Gasteiger partial charge on any atom is -0.481 e. The van der Waals surface area contributed by atoms with E-state index in [1.807, 2.05) is 0 Å². The molecule has 2 rings (SSSR count). The van der Waals surface area contributed by atoms with Crippen molar-refractivity contribution in [1.82, 2.24) is 4.98 Å². The number of carbonyl (C=O) groups is 1. The van der Waals surface area contributed by atoms with E-state index >= 15 is 0 Å². The summed E-state index contributed by atoms with van der Waals surface area (Å²) < 4.78 is 4.84. The van der Waals surface area contributed by atoms with Crippen molar-refractivity contribution in [2.24, 2.45) is 5.73 Å². The average molecular weight is 222 g/mol. The average Bonchev–Trinajstić information content (AvgIpc) is 2.59. The highest BCUT2D eigenvalue weighted by Crippen LogP contribution is 2.23. The van der Waals surface area contributed by atoms with Crippen LogP contribution >= 0.6 is 0 Å². The molecular weight excluding hydrogens is 212 g/mol. The van der Waals surface area contributed by atoms with Gasteiger partial charge in [0.1, 0.15) is 0 Å². The summed E-state index contributed by atoms with van der Waals surface area (Å²) in [6.07, 6.45) is 0. The molecule has 0 spiro atoms. The van der Waals surface area contributed by atoms with Crippen LogP contribution < -0.4 is 11.5 Å². The van der Waals surface area contributed by atoms with Gasteiger partial charge in [-0.2, -0.15) is 0 Å². The van der Waals surface area contributed by atoms with Gasteiger partial charge in [-0.15, -0.1) is 0 Å². The maximum absolute atomic E-state index is 11.0. The van der Waals surface area contributed by atoms with Crippen molar-refractivity contribution >= 4 is 17.1 Å². The lowest BCUT2D eigenvalue weighted by molar-refractivity contribution is -0.138. The van der Waals surface area contributed by atoms with Crippen LogP contribution in [0.15, 0.2) is 27.4 Å². The van der Waals surface area contributed by atoms with Crippen LogP contribution in [0.4, 0.5) is 0 Å². The van der Waals surface area contributed by atoms with Gasteiger partial charge < -0.3 is 15.3 Å². The van der Waals surface area contributed by atoms with Gasteiger partial charge in [0, 0.05) is 6.54 Å². The second-order valence-corrected chi connectivity index (χ2v) is 3.36. The second-order valence-electron chi connectivity index (χ2n) is 3.36. The Hall–Kier alpha value is -2.08. The number of carboxylic acids is 1. The van der Waals surface area contributed by atoms with Gasteiger partial charge in [-0.3, -0.25) is 9.78 Å². The zero-order chi connectivity index (χ0) is 11.7. The first-order chi connectivity index (χ1) is 7.63. The van der Waals surface area contributed by atoms with Crippen LogP contribution in [0.2, 0.25) is 0 Å². The minimum atomic E-state index is -1.03. The van der Waals surface area contributed by atoms with Crippen molar-refractivity contribution in [3.63, 3.8) is 0 Å². The maximum Gasteiger partial charge on any atom is 0.417 e. The summed E-state index contributed by atoms with van der Waals surface area (Å²) in [6.45, 7) is -0.0400. The largest absolute Gasteiger partial charge is 0.481 e. The number of para-hydroxylation sites is 1. The first-order valence-electron chi connectivity index (χ1n) is 4.68. The highest BCUT2D eigenvalue weighted by atomic mass is 16.4. The Balaban J connectivity index is 2.67. The lowest BCUT2D eigenvalue weighted by atomic mass is 9.98. The topological polar surface area (TPSA) is 109 Å². The van der Waals surface area contributed by atoms with E-state index in [2.05, 4.69) is 4.98 Å². The molecule has 1 aromatic carbocycles. The van der Waals surface area contributed by atoms with Gasteiger partial charge in [-0.05, 0) is 11.6 Å². The van der Waals surface area contributed by atoms with Crippen LogP contribution in [0.25, 0.3) is 11.1 Å². The molecule has 0 saturated carbocycles. The van der Waals surface area contributed by atoms with Crippen LogP contribution in [0.5, 0.6) is 0 Å². The molecule has 16 heavy (non-hydrogen) atoms. The Labute approximate surface area is 89.7 Å². The Morgan fingerprint density at radius 1 is 1.56 bits per heavy atom. The van der Waals surface area contributed by atoms with Crippen molar-refractivity contribution in [1.29, 1.82) is 0 Å².